The smallest absolute Gasteiger partial charge is 0.182 e. The minimum absolute atomic E-state index is 0.0952. The Morgan fingerprint density at radius 2 is 1.42 bits per heavy atom. The van der Waals surface area contributed by atoms with E-state index in [0.29, 0.717) is 18.4 Å². The highest BCUT2D eigenvalue weighted by Crippen LogP contribution is 2.71. The first-order chi connectivity index (χ1) is 16.6. The van der Waals surface area contributed by atoms with Crippen molar-refractivity contribution in [3.63, 3.8) is 0 Å². The molecule has 5 heteroatoms. The van der Waals surface area contributed by atoms with Gasteiger partial charge in [-0.25, -0.2) is 0 Å². The summed E-state index contributed by atoms with van der Waals surface area (Å²) in [4.78, 5) is 4.64. The first-order valence-corrected chi connectivity index (χ1v) is 14.7. The van der Waals surface area contributed by atoms with Crippen LogP contribution in [0.4, 0.5) is 0 Å². The molecule has 1 aliphatic heterocycles. The zero-order chi connectivity index (χ0) is 26.8. The summed E-state index contributed by atoms with van der Waals surface area (Å²) in [6.45, 7) is 22.4. The lowest BCUT2D eigenvalue weighted by molar-refractivity contribution is -0.0827. The van der Waals surface area contributed by atoms with Crippen molar-refractivity contribution < 1.29 is 14.0 Å². The van der Waals surface area contributed by atoms with E-state index in [0.717, 1.165) is 19.4 Å². The van der Waals surface area contributed by atoms with E-state index in [2.05, 4.69) is 92.9 Å². The van der Waals surface area contributed by atoms with Gasteiger partial charge in [-0.15, -0.1) is 0 Å². The molecule has 1 saturated heterocycles. The van der Waals surface area contributed by atoms with Gasteiger partial charge in [-0.1, -0.05) is 46.7 Å². The molecule has 4 nitrogen and oxygen atoms in total. The van der Waals surface area contributed by atoms with Crippen LogP contribution in [-0.2, 0) is 8.92 Å². The van der Waals surface area contributed by atoms with Crippen LogP contribution >= 0.6 is 10.3 Å². The third kappa shape index (κ3) is 6.48. The van der Waals surface area contributed by atoms with Crippen LogP contribution in [0.1, 0.15) is 68.2 Å². The zero-order valence-electron chi connectivity index (χ0n) is 23.6. The second-order valence-corrected chi connectivity index (χ2v) is 16.0. The number of nitrogens with zero attached hydrogens (tertiary/aromatic N) is 1. The van der Waals surface area contributed by atoms with Gasteiger partial charge in [0.25, 0.3) is 0 Å². The molecule has 0 aromatic heterocycles. The molecular weight excluding hydrogens is 466 g/mol. The van der Waals surface area contributed by atoms with Gasteiger partial charge in [0.15, 0.2) is 5.88 Å². The molecule has 1 heterocycles. The van der Waals surface area contributed by atoms with Gasteiger partial charge < -0.3 is 18.9 Å². The van der Waals surface area contributed by atoms with E-state index in [1.165, 1.54) is 9.79 Å². The fourth-order valence-corrected chi connectivity index (χ4v) is 8.94. The predicted octanol–water partition coefficient (Wildman–Crippen LogP) is 7.78. The van der Waals surface area contributed by atoms with Gasteiger partial charge in [0.2, 0.25) is 0 Å². The van der Waals surface area contributed by atoms with E-state index in [-0.39, 0.29) is 16.4 Å². The Kier molecular flexibility index (Phi) is 8.59. The summed E-state index contributed by atoms with van der Waals surface area (Å²) in [5.41, 5.74) is -1.22. The van der Waals surface area contributed by atoms with Crippen LogP contribution in [0, 0.1) is 5.92 Å². The summed E-state index contributed by atoms with van der Waals surface area (Å²) in [7, 11) is -1.79. The molecule has 36 heavy (non-hydrogen) atoms. The molecule has 0 aliphatic carbocycles. The molecule has 0 radical (unpaired) electrons. The van der Waals surface area contributed by atoms with Crippen LogP contribution in [0.15, 0.2) is 82.9 Å². The van der Waals surface area contributed by atoms with E-state index in [1.807, 2.05) is 34.6 Å². The van der Waals surface area contributed by atoms with E-state index in [9.17, 15) is 5.11 Å². The summed E-state index contributed by atoms with van der Waals surface area (Å²) in [5.74, 6) is 0.957. The summed E-state index contributed by atoms with van der Waals surface area (Å²) < 4.78 is 13.2. The van der Waals surface area contributed by atoms with Crippen molar-refractivity contribution in [1.82, 2.24) is 4.90 Å². The summed E-state index contributed by atoms with van der Waals surface area (Å²) in [6.07, 6.45) is 1.78. The fraction of sp³-hybridized carbons (Fsp3) is 0.548. The van der Waals surface area contributed by atoms with E-state index in [1.54, 1.807) is 0 Å². The SMILES string of the molecule is C=C(OC(C)(C)C)N1CCC(COS(c2ccccc2)(c2ccccc2)C(C)(C)C)CC1C(C)(C)O. The Hall–Kier alpha value is -1.95. The third-order valence-corrected chi connectivity index (χ3v) is 10.9. The van der Waals surface area contributed by atoms with Crippen LogP contribution in [0.2, 0.25) is 0 Å². The Morgan fingerprint density at radius 1 is 0.917 bits per heavy atom. The minimum Gasteiger partial charge on any atom is -0.474 e. The maximum atomic E-state index is 11.1. The lowest BCUT2D eigenvalue weighted by atomic mass is 9.83. The van der Waals surface area contributed by atoms with Gasteiger partial charge in [-0.2, -0.15) is 0 Å². The van der Waals surface area contributed by atoms with Gasteiger partial charge in [0.1, 0.15) is 5.60 Å². The van der Waals surface area contributed by atoms with Crippen LogP contribution < -0.4 is 0 Å². The highest BCUT2D eigenvalue weighted by atomic mass is 32.3. The normalized spacial score (nSPS) is 20.2. The minimum atomic E-state index is -1.79. The molecule has 0 saturated carbocycles. The van der Waals surface area contributed by atoms with E-state index < -0.39 is 15.9 Å². The fourth-order valence-electron chi connectivity index (χ4n) is 5.15. The molecule has 2 atom stereocenters. The Bertz CT molecular complexity index is 947. The number of ether oxygens (including phenoxy) is 1. The number of hydrogen-bond donors (Lipinski definition) is 1. The van der Waals surface area contributed by atoms with Crippen molar-refractivity contribution in [3.05, 3.63) is 73.1 Å². The number of aliphatic hydroxyl groups is 1. The highest BCUT2D eigenvalue weighted by molar-refractivity contribution is 8.31. The lowest BCUT2D eigenvalue weighted by Gasteiger charge is -2.52. The largest absolute Gasteiger partial charge is 0.474 e. The molecule has 0 amide bonds. The number of likely N-dealkylation sites (tertiary alicyclic amines) is 1. The summed E-state index contributed by atoms with van der Waals surface area (Å²) in [5, 5.41) is 11.1. The maximum Gasteiger partial charge on any atom is 0.182 e. The molecule has 1 N–H and O–H groups in total. The second kappa shape index (κ2) is 10.8. The van der Waals surface area contributed by atoms with Gasteiger partial charge >= 0.3 is 0 Å². The Morgan fingerprint density at radius 3 is 1.83 bits per heavy atom. The average Bonchev–Trinajstić information content (AvgIpc) is 2.78. The lowest BCUT2D eigenvalue weighted by Crippen LogP contribution is -2.54. The van der Waals surface area contributed by atoms with Gasteiger partial charge in [-0.05, 0) is 105 Å². The topological polar surface area (TPSA) is 41.9 Å². The van der Waals surface area contributed by atoms with Crippen molar-refractivity contribution in [1.29, 1.82) is 0 Å². The molecule has 1 fully saturated rings. The molecule has 2 aromatic rings. The average molecular weight is 514 g/mol. The van der Waals surface area contributed by atoms with Crippen LogP contribution in [0.3, 0.4) is 0 Å². The molecule has 1 aliphatic rings. The number of hydrogen-bond acceptors (Lipinski definition) is 4. The number of piperidine rings is 1. The molecule has 0 spiro atoms. The van der Waals surface area contributed by atoms with Crippen LogP contribution in [0.5, 0.6) is 0 Å². The quantitative estimate of drug-likeness (QED) is 0.366. The van der Waals surface area contributed by atoms with Crippen molar-refractivity contribution in [2.75, 3.05) is 13.2 Å². The molecule has 200 valence electrons. The second-order valence-electron chi connectivity index (χ2n) is 12.4. The number of benzene rings is 2. The van der Waals surface area contributed by atoms with Crippen molar-refractivity contribution in [2.24, 2.45) is 5.92 Å². The predicted molar refractivity (Wildman–Crippen MR) is 152 cm³/mol. The van der Waals surface area contributed by atoms with Crippen molar-refractivity contribution in [2.45, 2.75) is 100 Å². The van der Waals surface area contributed by atoms with Gasteiger partial charge in [-0.3, -0.25) is 0 Å². The van der Waals surface area contributed by atoms with Crippen molar-refractivity contribution in [3.8, 4) is 0 Å². The number of rotatable bonds is 8. The maximum absolute atomic E-state index is 11.1. The van der Waals surface area contributed by atoms with Crippen LogP contribution in [-0.4, -0.2) is 45.1 Å². The summed E-state index contributed by atoms with van der Waals surface area (Å²) in [6, 6.07) is 21.3. The standard InChI is InChI=1S/C31H47NO3S/c1-24(35-29(2,3)4)32-21-20-25(22-28(32)31(8,9)33)23-34-36(30(5,6)7,26-16-12-10-13-17-26)27-18-14-11-15-19-27/h10-19,25,28,33H,1,20-23H2,2-9H3. The van der Waals surface area contributed by atoms with E-state index in [4.69, 9.17) is 8.92 Å². The highest BCUT2D eigenvalue weighted by Gasteiger charge is 2.44. The zero-order valence-corrected chi connectivity index (χ0v) is 24.4. The Balaban J connectivity index is 1.90. The molecule has 3 rings (SSSR count). The van der Waals surface area contributed by atoms with Crippen molar-refractivity contribution >= 4 is 10.3 Å². The van der Waals surface area contributed by atoms with E-state index >= 15 is 0 Å². The molecule has 2 unspecified atom stereocenters. The molecular formula is C31H47NO3S. The Labute approximate surface area is 221 Å². The first-order valence-electron chi connectivity index (χ1n) is 13.1. The first kappa shape index (κ1) is 28.6. The van der Waals surface area contributed by atoms with Gasteiger partial charge in [0.05, 0.1) is 18.2 Å². The third-order valence-electron chi connectivity index (χ3n) is 6.76. The summed E-state index contributed by atoms with van der Waals surface area (Å²) >= 11 is 0. The monoisotopic (exact) mass is 513 g/mol. The van der Waals surface area contributed by atoms with Gasteiger partial charge in [0, 0.05) is 21.1 Å². The van der Waals surface area contributed by atoms with Crippen LogP contribution in [0.25, 0.3) is 0 Å². The molecule has 0 bridgehead atoms. The molecule has 2 aromatic carbocycles.